The third kappa shape index (κ3) is 1.40. The normalized spacial score (nSPS) is 18.7. The minimum Gasteiger partial charge on any atom is -0.454 e. The average Bonchev–Trinajstić information content (AvgIpc) is 2.97. The van der Waals surface area contributed by atoms with Crippen molar-refractivity contribution in [3.8, 4) is 17.6 Å². The lowest BCUT2D eigenvalue weighted by Crippen LogP contribution is -2.01. The Morgan fingerprint density at radius 1 is 1.12 bits per heavy atom. The molecule has 16 heavy (non-hydrogen) atoms. The van der Waals surface area contributed by atoms with Gasteiger partial charge in [0, 0.05) is 11.6 Å². The van der Waals surface area contributed by atoms with Crippen LogP contribution in [0.25, 0.3) is 0 Å². The summed E-state index contributed by atoms with van der Waals surface area (Å²) >= 11 is 0. The van der Waals surface area contributed by atoms with Crippen LogP contribution in [0.4, 0.5) is 0 Å². The molecule has 0 radical (unpaired) electrons. The van der Waals surface area contributed by atoms with Gasteiger partial charge in [0.15, 0.2) is 17.8 Å². The Bertz CT molecular complexity index is 460. The van der Waals surface area contributed by atoms with Crippen molar-refractivity contribution >= 4 is 0 Å². The van der Waals surface area contributed by atoms with E-state index in [1.165, 1.54) is 0 Å². The number of ether oxygens (including phenoxy) is 4. The smallest absolute Gasteiger partial charge is 0.231 e. The number of nitriles is 1. The van der Waals surface area contributed by atoms with Gasteiger partial charge in [0.25, 0.3) is 0 Å². The maximum Gasteiger partial charge on any atom is 0.231 e. The second-order valence-corrected chi connectivity index (χ2v) is 3.48. The van der Waals surface area contributed by atoms with Gasteiger partial charge in [0.05, 0.1) is 24.8 Å². The number of hydrogen-bond acceptors (Lipinski definition) is 5. The van der Waals surface area contributed by atoms with Gasteiger partial charge in [-0.05, 0) is 6.07 Å². The van der Waals surface area contributed by atoms with Gasteiger partial charge >= 0.3 is 0 Å². The molecule has 1 fully saturated rings. The summed E-state index contributed by atoms with van der Waals surface area (Å²) in [6.45, 7) is 1.28. The van der Waals surface area contributed by atoms with Crippen molar-refractivity contribution in [2.45, 2.75) is 6.29 Å². The van der Waals surface area contributed by atoms with E-state index in [0.29, 0.717) is 35.8 Å². The highest BCUT2D eigenvalue weighted by atomic mass is 16.7. The highest BCUT2D eigenvalue weighted by Gasteiger charge is 2.25. The first kappa shape index (κ1) is 9.46. The van der Waals surface area contributed by atoms with Gasteiger partial charge in [-0.15, -0.1) is 0 Å². The van der Waals surface area contributed by atoms with Gasteiger partial charge in [-0.2, -0.15) is 5.26 Å². The SMILES string of the molecule is N#Cc1cc2c(cc1C1OCCO1)OCO2. The summed E-state index contributed by atoms with van der Waals surface area (Å²) < 4.78 is 21.2. The number of benzene rings is 1. The lowest BCUT2D eigenvalue weighted by atomic mass is 10.1. The number of fused-ring (bicyclic) bond motifs is 1. The minimum atomic E-state index is -0.468. The van der Waals surface area contributed by atoms with E-state index < -0.39 is 6.29 Å². The van der Waals surface area contributed by atoms with Crippen LogP contribution in [0.1, 0.15) is 17.4 Å². The van der Waals surface area contributed by atoms with Crippen LogP contribution in [0, 0.1) is 11.3 Å². The molecule has 5 heteroatoms. The molecule has 0 bridgehead atoms. The first-order valence-electron chi connectivity index (χ1n) is 4.95. The molecule has 0 saturated carbocycles. The molecule has 0 spiro atoms. The van der Waals surface area contributed by atoms with E-state index in [-0.39, 0.29) is 6.79 Å². The van der Waals surface area contributed by atoms with Gasteiger partial charge in [-0.3, -0.25) is 0 Å². The fourth-order valence-corrected chi connectivity index (χ4v) is 1.79. The van der Waals surface area contributed by atoms with Crippen molar-refractivity contribution in [2.75, 3.05) is 20.0 Å². The predicted octanol–water partition coefficient (Wildman–Crippen LogP) is 1.33. The topological polar surface area (TPSA) is 60.7 Å². The average molecular weight is 219 g/mol. The molecule has 1 aromatic rings. The Kier molecular flexibility index (Phi) is 2.17. The summed E-state index contributed by atoms with van der Waals surface area (Å²) in [7, 11) is 0. The maximum atomic E-state index is 9.05. The second kappa shape index (κ2) is 3.67. The molecule has 2 aliphatic heterocycles. The van der Waals surface area contributed by atoms with Gasteiger partial charge in [0.1, 0.15) is 0 Å². The third-order valence-corrected chi connectivity index (χ3v) is 2.54. The molecule has 82 valence electrons. The highest BCUT2D eigenvalue weighted by molar-refractivity contribution is 5.53. The zero-order chi connectivity index (χ0) is 11.0. The molecule has 2 heterocycles. The summed E-state index contributed by atoms with van der Waals surface area (Å²) in [5.41, 5.74) is 1.19. The van der Waals surface area contributed by atoms with Crippen LogP contribution >= 0.6 is 0 Å². The van der Waals surface area contributed by atoms with Crippen molar-refractivity contribution in [1.82, 2.24) is 0 Å². The van der Waals surface area contributed by atoms with Crippen LogP contribution in [-0.4, -0.2) is 20.0 Å². The largest absolute Gasteiger partial charge is 0.454 e. The molecule has 0 amide bonds. The summed E-state index contributed by atoms with van der Waals surface area (Å²) in [4.78, 5) is 0. The third-order valence-electron chi connectivity index (χ3n) is 2.54. The molecule has 1 aromatic carbocycles. The van der Waals surface area contributed by atoms with E-state index in [1.54, 1.807) is 12.1 Å². The van der Waals surface area contributed by atoms with E-state index >= 15 is 0 Å². The van der Waals surface area contributed by atoms with Gasteiger partial charge in [-0.1, -0.05) is 0 Å². The first-order valence-corrected chi connectivity index (χ1v) is 4.95. The van der Waals surface area contributed by atoms with E-state index in [0.717, 1.165) is 0 Å². The van der Waals surface area contributed by atoms with E-state index in [4.69, 9.17) is 24.2 Å². The molecular weight excluding hydrogens is 210 g/mol. The number of hydrogen-bond donors (Lipinski definition) is 0. The lowest BCUT2D eigenvalue weighted by Gasteiger charge is -2.11. The molecular formula is C11H9NO4. The standard InChI is InChI=1S/C11H9NO4/c12-5-7-3-9-10(16-6-15-9)4-8(7)11-13-1-2-14-11/h3-4,11H,1-2,6H2. The van der Waals surface area contributed by atoms with Gasteiger partial charge in [0.2, 0.25) is 6.79 Å². The highest BCUT2D eigenvalue weighted by Crippen LogP contribution is 2.38. The van der Waals surface area contributed by atoms with Crippen molar-refractivity contribution < 1.29 is 18.9 Å². The molecule has 3 rings (SSSR count). The summed E-state index contributed by atoms with van der Waals surface area (Å²) in [6.07, 6.45) is -0.468. The van der Waals surface area contributed by atoms with Gasteiger partial charge < -0.3 is 18.9 Å². The van der Waals surface area contributed by atoms with Gasteiger partial charge in [-0.25, -0.2) is 0 Å². The van der Waals surface area contributed by atoms with Crippen molar-refractivity contribution in [2.24, 2.45) is 0 Å². The quantitative estimate of drug-likeness (QED) is 0.713. The molecule has 0 aliphatic carbocycles. The van der Waals surface area contributed by atoms with Crippen LogP contribution in [-0.2, 0) is 9.47 Å². The Morgan fingerprint density at radius 2 is 1.81 bits per heavy atom. The van der Waals surface area contributed by atoms with Crippen LogP contribution < -0.4 is 9.47 Å². The minimum absolute atomic E-state index is 0.191. The Hall–Kier alpha value is -1.77. The van der Waals surface area contributed by atoms with Crippen LogP contribution in [0.5, 0.6) is 11.5 Å². The fourth-order valence-electron chi connectivity index (χ4n) is 1.79. The maximum absolute atomic E-state index is 9.05. The van der Waals surface area contributed by atoms with Crippen molar-refractivity contribution in [3.63, 3.8) is 0 Å². The molecule has 2 aliphatic rings. The van der Waals surface area contributed by atoms with Crippen LogP contribution in [0.2, 0.25) is 0 Å². The molecule has 0 N–H and O–H groups in total. The summed E-state index contributed by atoms with van der Waals surface area (Å²) in [5, 5.41) is 9.05. The van der Waals surface area contributed by atoms with Crippen molar-refractivity contribution in [1.29, 1.82) is 5.26 Å². The molecule has 0 unspecified atom stereocenters. The second-order valence-electron chi connectivity index (χ2n) is 3.48. The fraction of sp³-hybridized carbons (Fsp3) is 0.364. The van der Waals surface area contributed by atoms with Crippen LogP contribution in [0.15, 0.2) is 12.1 Å². The summed E-state index contributed by atoms with van der Waals surface area (Å²) in [5.74, 6) is 1.23. The predicted molar refractivity (Wildman–Crippen MR) is 51.9 cm³/mol. The Morgan fingerprint density at radius 3 is 2.50 bits per heavy atom. The summed E-state index contributed by atoms with van der Waals surface area (Å²) in [6, 6.07) is 5.51. The molecule has 0 atom stereocenters. The lowest BCUT2D eigenvalue weighted by molar-refractivity contribution is -0.0443. The Labute approximate surface area is 92.1 Å². The number of nitrogens with zero attached hydrogens (tertiary/aromatic N) is 1. The Balaban J connectivity index is 2.06. The van der Waals surface area contributed by atoms with Crippen molar-refractivity contribution in [3.05, 3.63) is 23.3 Å². The molecule has 1 saturated heterocycles. The monoisotopic (exact) mass is 219 g/mol. The molecule has 5 nitrogen and oxygen atoms in total. The first-order chi connectivity index (χ1) is 7.88. The van der Waals surface area contributed by atoms with Crippen LogP contribution in [0.3, 0.4) is 0 Å². The zero-order valence-electron chi connectivity index (χ0n) is 8.43. The zero-order valence-corrected chi connectivity index (χ0v) is 8.43. The van der Waals surface area contributed by atoms with E-state index in [1.807, 2.05) is 0 Å². The number of rotatable bonds is 1. The molecule has 0 aromatic heterocycles. The van der Waals surface area contributed by atoms with E-state index in [2.05, 4.69) is 6.07 Å². The van der Waals surface area contributed by atoms with E-state index in [9.17, 15) is 0 Å².